The van der Waals surface area contributed by atoms with Crippen molar-refractivity contribution >= 4 is 11.8 Å². The first kappa shape index (κ1) is 20.2. The molecular formula is C20H30N2O4. The molecule has 0 aliphatic carbocycles. The second-order valence-corrected chi connectivity index (χ2v) is 6.68. The van der Waals surface area contributed by atoms with E-state index in [-0.39, 0.29) is 11.8 Å². The van der Waals surface area contributed by atoms with E-state index >= 15 is 0 Å². The highest BCUT2D eigenvalue weighted by Crippen LogP contribution is 2.22. The third-order valence-electron chi connectivity index (χ3n) is 4.70. The van der Waals surface area contributed by atoms with Crippen LogP contribution < -0.4 is 4.74 Å². The monoisotopic (exact) mass is 362 g/mol. The summed E-state index contributed by atoms with van der Waals surface area (Å²) in [5.41, 5.74) is 2.23. The molecule has 0 saturated carbocycles. The van der Waals surface area contributed by atoms with Crippen molar-refractivity contribution in [1.29, 1.82) is 0 Å². The molecular weight excluding hydrogens is 332 g/mol. The fourth-order valence-electron chi connectivity index (χ4n) is 3.14. The molecule has 1 aliphatic heterocycles. The van der Waals surface area contributed by atoms with Crippen molar-refractivity contribution in [3.63, 3.8) is 0 Å². The number of aryl methyl sites for hydroxylation is 2. The molecule has 6 heteroatoms. The summed E-state index contributed by atoms with van der Waals surface area (Å²) in [7, 11) is 1.59. The number of hydrogen-bond donors (Lipinski definition) is 0. The number of piperazine rings is 1. The molecule has 2 rings (SSSR count). The van der Waals surface area contributed by atoms with Gasteiger partial charge in [0, 0.05) is 39.7 Å². The van der Waals surface area contributed by atoms with Crippen molar-refractivity contribution in [2.75, 3.05) is 46.5 Å². The number of carbonyl (C=O) groups excluding carboxylic acids is 2. The van der Waals surface area contributed by atoms with Crippen LogP contribution in [0.1, 0.15) is 30.4 Å². The second-order valence-electron chi connectivity index (χ2n) is 6.68. The Bertz CT molecular complexity index is 590. The minimum atomic E-state index is 0.0981. The van der Waals surface area contributed by atoms with Crippen LogP contribution >= 0.6 is 0 Å². The lowest BCUT2D eigenvalue weighted by atomic mass is 10.1. The number of para-hydroxylation sites is 1. The number of nitrogens with zero attached hydrogens (tertiary/aromatic N) is 2. The van der Waals surface area contributed by atoms with E-state index in [9.17, 15) is 9.59 Å². The maximum Gasteiger partial charge on any atom is 0.225 e. The van der Waals surface area contributed by atoms with Crippen molar-refractivity contribution in [3.05, 3.63) is 29.3 Å². The summed E-state index contributed by atoms with van der Waals surface area (Å²) in [5.74, 6) is 1.16. The number of rotatable bonds is 8. The predicted octanol–water partition coefficient (Wildman–Crippen LogP) is 2.17. The first-order valence-electron chi connectivity index (χ1n) is 9.26. The van der Waals surface area contributed by atoms with E-state index in [0.29, 0.717) is 58.7 Å². The highest BCUT2D eigenvalue weighted by atomic mass is 16.5. The molecule has 0 aromatic heterocycles. The molecule has 0 unspecified atom stereocenters. The lowest BCUT2D eigenvalue weighted by molar-refractivity contribution is -0.140. The lowest BCUT2D eigenvalue weighted by Crippen LogP contribution is -2.50. The molecule has 144 valence electrons. The van der Waals surface area contributed by atoms with Gasteiger partial charge in [-0.15, -0.1) is 0 Å². The molecule has 0 radical (unpaired) electrons. The number of ether oxygens (including phenoxy) is 2. The molecule has 1 aliphatic rings. The van der Waals surface area contributed by atoms with Gasteiger partial charge in [0.1, 0.15) is 5.75 Å². The summed E-state index contributed by atoms with van der Waals surface area (Å²) < 4.78 is 10.8. The van der Waals surface area contributed by atoms with Crippen LogP contribution in [0.3, 0.4) is 0 Å². The van der Waals surface area contributed by atoms with Crippen LogP contribution in [-0.2, 0) is 14.3 Å². The van der Waals surface area contributed by atoms with Crippen LogP contribution in [0, 0.1) is 13.8 Å². The van der Waals surface area contributed by atoms with Crippen LogP contribution in [0.2, 0.25) is 0 Å². The highest BCUT2D eigenvalue weighted by Gasteiger charge is 2.23. The van der Waals surface area contributed by atoms with Crippen LogP contribution in [-0.4, -0.2) is 68.1 Å². The average Bonchev–Trinajstić information content (AvgIpc) is 2.65. The quantitative estimate of drug-likeness (QED) is 0.665. The highest BCUT2D eigenvalue weighted by molar-refractivity contribution is 5.78. The van der Waals surface area contributed by atoms with Crippen LogP contribution in [0.4, 0.5) is 0 Å². The van der Waals surface area contributed by atoms with E-state index in [4.69, 9.17) is 9.47 Å². The molecule has 26 heavy (non-hydrogen) atoms. The van der Waals surface area contributed by atoms with Gasteiger partial charge in [-0.1, -0.05) is 18.2 Å². The predicted molar refractivity (Wildman–Crippen MR) is 100 cm³/mol. The summed E-state index contributed by atoms with van der Waals surface area (Å²) in [6, 6.07) is 6.07. The second kappa shape index (κ2) is 10.2. The molecule has 0 spiro atoms. The maximum atomic E-state index is 12.3. The summed E-state index contributed by atoms with van der Waals surface area (Å²) in [4.78, 5) is 28.0. The van der Waals surface area contributed by atoms with Gasteiger partial charge in [-0.25, -0.2) is 0 Å². The Morgan fingerprint density at radius 2 is 1.46 bits per heavy atom. The zero-order chi connectivity index (χ0) is 18.9. The van der Waals surface area contributed by atoms with E-state index in [1.54, 1.807) is 7.11 Å². The Labute approximate surface area is 156 Å². The molecule has 1 fully saturated rings. The van der Waals surface area contributed by atoms with Crippen LogP contribution in [0.25, 0.3) is 0 Å². The minimum Gasteiger partial charge on any atom is -0.493 e. The number of benzene rings is 1. The van der Waals surface area contributed by atoms with Crippen LogP contribution in [0.5, 0.6) is 5.75 Å². The van der Waals surface area contributed by atoms with E-state index < -0.39 is 0 Å². The normalized spacial score (nSPS) is 14.4. The standard InChI is InChI=1S/C20H30N2O4/c1-16-6-4-7-17(2)20(16)26-14-5-8-18(23)21-10-12-22(13-11-21)19(24)9-15-25-3/h4,6-7H,5,8-15H2,1-3H3. The van der Waals surface area contributed by atoms with Gasteiger partial charge in [-0.3, -0.25) is 9.59 Å². The Balaban J connectivity index is 1.67. The van der Waals surface area contributed by atoms with Gasteiger partial charge in [0.2, 0.25) is 11.8 Å². The molecule has 0 atom stereocenters. The Morgan fingerprint density at radius 3 is 2.00 bits per heavy atom. The van der Waals surface area contributed by atoms with Crippen LogP contribution in [0.15, 0.2) is 18.2 Å². The minimum absolute atomic E-state index is 0.0981. The molecule has 2 amide bonds. The summed E-state index contributed by atoms with van der Waals surface area (Å²) in [6.45, 7) is 7.46. The molecule has 1 aromatic rings. The molecule has 1 aromatic carbocycles. The van der Waals surface area contributed by atoms with Gasteiger partial charge >= 0.3 is 0 Å². The molecule has 1 heterocycles. The Hall–Kier alpha value is -2.08. The zero-order valence-electron chi connectivity index (χ0n) is 16.1. The molecule has 0 N–H and O–H groups in total. The van der Waals surface area contributed by atoms with E-state index in [1.165, 1.54) is 0 Å². The number of methoxy groups -OCH3 is 1. The van der Waals surface area contributed by atoms with Crippen molar-refractivity contribution < 1.29 is 19.1 Å². The summed E-state index contributed by atoms with van der Waals surface area (Å²) in [6.07, 6.45) is 1.57. The van der Waals surface area contributed by atoms with Gasteiger partial charge in [0.15, 0.2) is 0 Å². The fraction of sp³-hybridized carbons (Fsp3) is 0.600. The van der Waals surface area contributed by atoms with Gasteiger partial charge in [0.05, 0.1) is 19.6 Å². The largest absolute Gasteiger partial charge is 0.493 e. The van der Waals surface area contributed by atoms with Crippen molar-refractivity contribution in [1.82, 2.24) is 9.80 Å². The van der Waals surface area contributed by atoms with Gasteiger partial charge in [-0.05, 0) is 31.4 Å². The summed E-state index contributed by atoms with van der Waals surface area (Å²) >= 11 is 0. The fourth-order valence-corrected chi connectivity index (χ4v) is 3.14. The average molecular weight is 362 g/mol. The summed E-state index contributed by atoms with van der Waals surface area (Å²) in [5, 5.41) is 0. The smallest absolute Gasteiger partial charge is 0.225 e. The van der Waals surface area contributed by atoms with E-state index in [2.05, 4.69) is 0 Å². The number of carbonyl (C=O) groups is 2. The number of amides is 2. The molecule has 6 nitrogen and oxygen atoms in total. The van der Waals surface area contributed by atoms with E-state index in [1.807, 2.05) is 41.8 Å². The third-order valence-corrected chi connectivity index (χ3v) is 4.70. The lowest BCUT2D eigenvalue weighted by Gasteiger charge is -2.35. The van der Waals surface area contributed by atoms with Crippen molar-refractivity contribution in [3.8, 4) is 5.75 Å². The van der Waals surface area contributed by atoms with E-state index in [0.717, 1.165) is 16.9 Å². The van der Waals surface area contributed by atoms with Crippen molar-refractivity contribution in [2.45, 2.75) is 33.1 Å². The van der Waals surface area contributed by atoms with Gasteiger partial charge in [-0.2, -0.15) is 0 Å². The third kappa shape index (κ3) is 5.73. The van der Waals surface area contributed by atoms with Crippen molar-refractivity contribution in [2.24, 2.45) is 0 Å². The molecule has 1 saturated heterocycles. The maximum absolute atomic E-state index is 12.3. The first-order chi connectivity index (χ1) is 12.5. The SMILES string of the molecule is COCCC(=O)N1CCN(C(=O)CCCOc2c(C)cccc2C)CC1. The topological polar surface area (TPSA) is 59.1 Å². The Kier molecular flexibility index (Phi) is 7.91. The molecule has 0 bridgehead atoms. The number of hydrogen-bond acceptors (Lipinski definition) is 4. The first-order valence-corrected chi connectivity index (χ1v) is 9.26. The van der Waals surface area contributed by atoms with Gasteiger partial charge in [0.25, 0.3) is 0 Å². The van der Waals surface area contributed by atoms with Gasteiger partial charge < -0.3 is 19.3 Å². The Morgan fingerprint density at radius 1 is 0.923 bits per heavy atom. The zero-order valence-corrected chi connectivity index (χ0v) is 16.1.